The molecule has 1 atom stereocenters. The highest BCUT2D eigenvalue weighted by atomic mass is 16.1. The molecule has 0 aliphatic carbocycles. The molecule has 116 valence electrons. The minimum atomic E-state index is -0.222. The monoisotopic (exact) mass is 292 g/mol. The van der Waals surface area contributed by atoms with Gasteiger partial charge in [-0.15, -0.1) is 0 Å². The van der Waals surface area contributed by atoms with Crippen LogP contribution in [-0.4, -0.2) is 46.7 Å². The van der Waals surface area contributed by atoms with E-state index in [1.165, 1.54) is 0 Å². The summed E-state index contributed by atoms with van der Waals surface area (Å²) in [6, 6.07) is 0. The zero-order valence-corrected chi connectivity index (χ0v) is 12.7. The maximum absolute atomic E-state index is 11.1. The standard InChI is InChI=1S/C14H24N6O/c1-16-14(17-7-12-8-18-19(2)9-12)20-5-3-4-11(10-20)6-13(15)21/h8-9,11H,3-7,10H2,1-2H3,(H2,15,21)(H,16,17). The second-order valence-electron chi connectivity index (χ2n) is 5.55. The van der Waals surface area contributed by atoms with Crippen LogP contribution in [0.4, 0.5) is 0 Å². The summed E-state index contributed by atoms with van der Waals surface area (Å²) in [5, 5.41) is 7.50. The van der Waals surface area contributed by atoms with E-state index >= 15 is 0 Å². The Bertz CT molecular complexity index is 509. The van der Waals surface area contributed by atoms with Crippen LogP contribution < -0.4 is 11.1 Å². The summed E-state index contributed by atoms with van der Waals surface area (Å²) in [5.41, 5.74) is 6.42. The lowest BCUT2D eigenvalue weighted by Crippen LogP contribution is -2.46. The summed E-state index contributed by atoms with van der Waals surface area (Å²) in [7, 11) is 3.68. The summed E-state index contributed by atoms with van der Waals surface area (Å²) in [5.74, 6) is 0.973. The number of aliphatic imine (C=N–C) groups is 1. The molecule has 0 bridgehead atoms. The molecule has 1 aliphatic heterocycles. The van der Waals surface area contributed by atoms with E-state index in [0.717, 1.165) is 37.5 Å². The molecule has 1 aromatic rings. The van der Waals surface area contributed by atoms with Crippen molar-refractivity contribution in [3.8, 4) is 0 Å². The van der Waals surface area contributed by atoms with Gasteiger partial charge in [0.05, 0.1) is 6.20 Å². The SMILES string of the molecule is CN=C(NCc1cnn(C)c1)N1CCCC(CC(N)=O)C1. The largest absolute Gasteiger partial charge is 0.370 e. The van der Waals surface area contributed by atoms with Crippen molar-refractivity contribution in [3.05, 3.63) is 18.0 Å². The van der Waals surface area contributed by atoms with Crippen LogP contribution in [0.5, 0.6) is 0 Å². The number of aryl methyl sites for hydroxylation is 1. The number of likely N-dealkylation sites (tertiary alicyclic amines) is 1. The molecule has 7 heteroatoms. The van der Waals surface area contributed by atoms with Crippen LogP contribution in [0.2, 0.25) is 0 Å². The first-order chi connectivity index (χ1) is 10.1. The Balaban J connectivity index is 1.89. The van der Waals surface area contributed by atoms with Crippen molar-refractivity contribution in [2.45, 2.75) is 25.8 Å². The Kier molecular flexibility index (Phi) is 5.19. The van der Waals surface area contributed by atoms with E-state index in [4.69, 9.17) is 5.73 Å². The smallest absolute Gasteiger partial charge is 0.217 e. The van der Waals surface area contributed by atoms with Crippen molar-refractivity contribution in [2.75, 3.05) is 20.1 Å². The highest BCUT2D eigenvalue weighted by molar-refractivity contribution is 5.80. The van der Waals surface area contributed by atoms with Gasteiger partial charge in [-0.05, 0) is 18.8 Å². The number of guanidine groups is 1. The molecular weight excluding hydrogens is 268 g/mol. The van der Waals surface area contributed by atoms with Crippen LogP contribution >= 0.6 is 0 Å². The summed E-state index contributed by atoms with van der Waals surface area (Å²) < 4.78 is 1.78. The van der Waals surface area contributed by atoms with Gasteiger partial charge in [0.2, 0.25) is 5.91 Å². The summed E-state index contributed by atoms with van der Waals surface area (Å²) in [6.45, 7) is 2.48. The summed E-state index contributed by atoms with van der Waals surface area (Å²) >= 11 is 0. The molecule has 2 rings (SSSR count). The number of nitrogens with one attached hydrogen (secondary N) is 1. The van der Waals surface area contributed by atoms with Gasteiger partial charge in [-0.1, -0.05) is 0 Å². The van der Waals surface area contributed by atoms with Crippen LogP contribution in [-0.2, 0) is 18.4 Å². The first kappa shape index (κ1) is 15.3. The first-order valence-electron chi connectivity index (χ1n) is 7.30. The van der Waals surface area contributed by atoms with Crippen molar-refractivity contribution in [3.63, 3.8) is 0 Å². The van der Waals surface area contributed by atoms with Gasteiger partial charge in [-0.2, -0.15) is 5.10 Å². The molecule has 3 N–H and O–H groups in total. The van der Waals surface area contributed by atoms with Crippen LogP contribution in [0, 0.1) is 5.92 Å². The molecule has 0 spiro atoms. The maximum atomic E-state index is 11.1. The van der Waals surface area contributed by atoms with E-state index in [9.17, 15) is 4.79 Å². The Labute approximate surface area is 125 Å². The number of hydrogen-bond acceptors (Lipinski definition) is 3. The third-order valence-corrected chi connectivity index (χ3v) is 3.73. The maximum Gasteiger partial charge on any atom is 0.217 e. The number of rotatable bonds is 4. The third-order valence-electron chi connectivity index (χ3n) is 3.73. The second kappa shape index (κ2) is 7.10. The normalized spacial score (nSPS) is 19.6. The number of aromatic nitrogens is 2. The predicted octanol–water partition coefficient (Wildman–Crippen LogP) is 0.0829. The lowest BCUT2D eigenvalue weighted by Gasteiger charge is -2.34. The van der Waals surface area contributed by atoms with Gasteiger partial charge < -0.3 is 16.0 Å². The minimum absolute atomic E-state index is 0.222. The molecule has 0 radical (unpaired) electrons. The van der Waals surface area contributed by atoms with Gasteiger partial charge >= 0.3 is 0 Å². The van der Waals surface area contributed by atoms with Crippen LogP contribution in [0.25, 0.3) is 0 Å². The number of hydrogen-bond donors (Lipinski definition) is 2. The van der Waals surface area contributed by atoms with Gasteiger partial charge in [-0.25, -0.2) is 0 Å². The van der Waals surface area contributed by atoms with Gasteiger partial charge in [0.1, 0.15) is 0 Å². The zero-order chi connectivity index (χ0) is 15.2. The van der Waals surface area contributed by atoms with Crippen molar-refractivity contribution >= 4 is 11.9 Å². The average Bonchev–Trinajstić information content (AvgIpc) is 2.85. The van der Waals surface area contributed by atoms with Crippen LogP contribution in [0.15, 0.2) is 17.4 Å². The fraction of sp³-hybridized carbons (Fsp3) is 0.643. The molecule has 1 amide bonds. The number of nitrogens with two attached hydrogens (primary N) is 1. The third kappa shape index (κ3) is 4.47. The van der Waals surface area contributed by atoms with Crippen LogP contribution in [0.3, 0.4) is 0 Å². The topological polar surface area (TPSA) is 88.5 Å². The molecular formula is C14H24N6O. The number of piperidine rings is 1. The average molecular weight is 292 g/mol. The Morgan fingerprint density at radius 2 is 2.43 bits per heavy atom. The van der Waals surface area contributed by atoms with E-state index in [1.807, 2.05) is 19.4 Å². The number of carbonyl (C=O) groups excluding carboxylic acids is 1. The minimum Gasteiger partial charge on any atom is -0.370 e. The van der Waals surface area contributed by atoms with Crippen molar-refractivity contribution in [1.29, 1.82) is 0 Å². The molecule has 1 aliphatic rings. The predicted molar refractivity (Wildman–Crippen MR) is 81.5 cm³/mol. The van der Waals surface area contributed by atoms with E-state index < -0.39 is 0 Å². The number of nitrogens with zero attached hydrogens (tertiary/aromatic N) is 4. The summed E-state index contributed by atoms with van der Waals surface area (Å²) in [6.07, 6.45) is 6.39. The van der Waals surface area contributed by atoms with E-state index in [1.54, 1.807) is 11.7 Å². The van der Waals surface area contributed by atoms with Gasteiger partial charge in [-0.3, -0.25) is 14.5 Å². The Hall–Kier alpha value is -2.05. The molecule has 0 saturated carbocycles. The summed E-state index contributed by atoms with van der Waals surface area (Å²) in [4.78, 5) is 17.6. The Morgan fingerprint density at radius 3 is 3.05 bits per heavy atom. The van der Waals surface area contributed by atoms with E-state index in [2.05, 4.69) is 20.3 Å². The molecule has 1 unspecified atom stereocenters. The van der Waals surface area contributed by atoms with Crippen molar-refractivity contribution in [2.24, 2.45) is 23.7 Å². The van der Waals surface area contributed by atoms with Gasteiger partial charge in [0, 0.05) is 51.9 Å². The molecule has 21 heavy (non-hydrogen) atoms. The van der Waals surface area contributed by atoms with Crippen LogP contribution in [0.1, 0.15) is 24.8 Å². The van der Waals surface area contributed by atoms with Gasteiger partial charge in [0.15, 0.2) is 5.96 Å². The molecule has 1 aromatic heterocycles. The Morgan fingerprint density at radius 1 is 1.62 bits per heavy atom. The molecule has 0 aromatic carbocycles. The lowest BCUT2D eigenvalue weighted by molar-refractivity contribution is -0.119. The number of carbonyl (C=O) groups is 1. The molecule has 7 nitrogen and oxygen atoms in total. The van der Waals surface area contributed by atoms with E-state index in [0.29, 0.717) is 18.9 Å². The molecule has 1 fully saturated rings. The highest BCUT2D eigenvalue weighted by Crippen LogP contribution is 2.19. The fourth-order valence-electron chi connectivity index (χ4n) is 2.79. The fourth-order valence-corrected chi connectivity index (χ4v) is 2.79. The molecule has 2 heterocycles. The zero-order valence-electron chi connectivity index (χ0n) is 12.7. The van der Waals surface area contributed by atoms with Crippen molar-refractivity contribution in [1.82, 2.24) is 20.0 Å². The number of primary amides is 1. The highest BCUT2D eigenvalue weighted by Gasteiger charge is 2.23. The quantitative estimate of drug-likeness (QED) is 0.608. The molecule has 1 saturated heterocycles. The second-order valence-corrected chi connectivity index (χ2v) is 5.55. The number of amides is 1. The van der Waals surface area contributed by atoms with E-state index in [-0.39, 0.29) is 5.91 Å². The first-order valence-corrected chi connectivity index (χ1v) is 7.30. The van der Waals surface area contributed by atoms with Crippen molar-refractivity contribution < 1.29 is 4.79 Å². The lowest BCUT2D eigenvalue weighted by atomic mass is 9.95. The van der Waals surface area contributed by atoms with Gasteiger partial charge in [0.25, 0.3) is 0 Å².